The highest BCUT2D eigenvalue weighted by Gasteiger charge is 2.60. The maximum Gasteiger partial charge on any atom is 0.229 e. The van der Waals surface area contributed by atoms with E-state index in [0.29, 0.717) is 57.0 Å². The molecule has 2 fully saturated rings. The zero-order chi connectivity index (χ0) is 16.9. The normalized spacial score (nSPS) is 34.6. The Morgan fingerprint density at radius 1 is 1.42 bits per heavy atom. The molecule has 1 aromatic rings. The topological polar surface area (TPSA) is 55.3 Å². The Morgan fingerprint density at radius 3 is 2.79 bits per heavy atom. The van der Waals surface area contributed by atoms with Crippen molar-refractivity contribution in [3.8, 4) is 5.88 Å². The van der Waals surface area contributed by atoms with Crippen molar-refractivity contribution < 1.29 is 13.9 Å². The molecule has 4 rings (SSSR count). The summed E-state index contributed by atoms with van der Waals surface area (Å²) in [6.07, 6.45) is 5.34. The predicted octanol–water partition coefficient (Wildman–Crippen LogP) is 3.13. The number of carbonyl (C=O) groups is 1. The van der Waals surface area contributed by atoms with Crippen LogP contribution in [0.5, 0.6) is 5.88 Å². The van der Waals surface area contributed by atoms with Crippen LogP contribution in [-0.2, 0) is 4.79 Å². The lowest BCUT2D eigenvalue weighted by atomic mass is 9.82. The van der Waals surface area contributed by atoms with E-state index in [1.54, 1.807) is 6.20 Å². The van der Waals surface area contributed by atoms with Gasteiger partial charge in [0.1, 0.15) is 18.1 Å². The van der Waals surface area contributed by atoms with Crippen molar-refractivity contribution in [2.75, 3.05) is 13.2 Å². The number of carbonyl (C=O) groups excluding carboxylic acids is 1. The van der Waals surface area contributed by atoms with Gasteiger partial charge in [0.25, 0.3) is 0 Å². The van der Waals surface area contributed by atoms with E-state index < -0.39 is 11.1 Å². The van der Waals surface area contributed by atoms with E-state index in [-0.39, 0.29) is 11.9 Å². The molecule has 0 unspecified atom stereocenters. The van der Waals surface area contributed by atoms with Crippen LogP contribution >= 0.6 is 0 Å². The number of ether oxygens (including phenoxy) is 1. The molecule has 0 N–H and O–H groups in total. The van der Waals surface area contributed by atoms with E-state index in [0.717, 1.165) is 12.0 Å². The first-order valence-corrected chi connectivity index (χ1v) is 8.93. The number of aromatic nitrogens is 2. The number of fused-ring (bicyclic) bond motifs is 3. The van der Waals surface area contributed by atoms with Crippen molar-refractivity contribution in [3.05, 3.63) is 17.6 Å². The van der Waals surface area contributed by atoms with E-state index in [2.05, 4.69) is 16.9 Å². The lowest BCUT2D eigenvalue weighted by molar-refractivity contribution is -0.144. The Hall–Kier alpha value is -1.72. The molecule has 0 saturated heterocycles. The van der Waals surface area contributed by atoms with Crippen LogP contribution < -0.4 is 4.74 Å². The molecular weight excluding hydrogens is 309 g/mol. The standard InChI is InChI=1S/C18H24FN3O2/c1-3-14-13-10-20-12(2)21-15(13)24-9-8-22(14)16(23)17-4-6-18(19,11-17)7-5-17/h10,14H,3-9,11H2,1-2H3/t14-,17?,18?/m0/s1. The van der Waals surface area contributed by atoms with E-state index in [4.69, 9.17) is 4.74 Å². The number of hydrogen-bond acceptors (Lipinski definition) is 4. The highest BCUT2D eigenvalue weighted by atomic mass is 19.1. The molecular formula is C18H24FN3O2. The molecule has 1 atom stereocenters. The van der Waals surface area contributed by atoms with E-state index in [9.17, 15) is 9.18 Å². The molecule has 2 heterocycles. The number of rotatable bonds is 2. The minimum Gasteiger partial charge on any atom is -0.475 e. The second-order valence-corrected chi connectivity index (χ2v) is 7.56. The maximum atomic E-state index is 14.6. The summed E-state index contributed by atoms with van der Waals surface area (Å²) in [4.78, 5) is 24.0. The third-order valence-electron chi connectivity index (χ3n) is 6.07. The number of aryl methyl sites for hydroxylation is 1. The Morgan fingerprint density at radius 2 is 2.17 bits per heavy atom. The monoisotopic (exact) mass is 333 g/mol. The third-order valence-corrected chi connectivity index (χ3v) is 6.07. The van der Waals surface area contributed by atoms with Crippen LogP contribution in [0.3, 0.4) is 0 Å². The lowest BCUT2D eigenvalue weighted by Gasteiger charge is -2.36. The number of nitrogens with zero attached hydrogens (tertiary/aromatic N) is 3. The zero-order valence-electron chi connectivity index (χ0n) is 14.3. The summed E-state index contributed by atoms with van der Waals surface area (Å²) >= 11 is 0. The van der Waals surface area contributed by atoms with E-state index >= 15 is 0 Å². The van der Waals surface area contributed by atoms with Crippen LogP contribution in [0.4, 0.5) is 4.39 Å². The van der Waals surface area contributed by atoms with Crippen LogP contribution in [0, 0.1) is 12.3 Å². The quantitative estimate of drug-likeness (QED) is 0.834. The fourth-order valence-corrected chi connectivity index (χ4v) is 4.78. The highest BCUT2D eigenvalue weighted by molar-refractivity contribution is 5.84. The van der Waals surface area contributed by atoms with Crippen molar-refractivity contribution in [1.82, 2.24) is 14.9 Å². The van der Waals surface area contributed by atoms with Gasteiger partial charge in [0.15, 0.2) is 0 Å². The van der Waals surface area contributed by atoms with E-state index in [1.165, 1.54) is 0 Å². The minimum absolute atomic E-state index is 0.0970. The second kappa shape index (κ2) is 5.39. The molecule has 1 aromatic heterocycles. The van der Waals surface area contributed by atoms with Gasteiger partial charge in [-0.05, 0) is 45.4 Å². The molecule has 0 radical (unpaired) electrons. The molecule has 2 aliphatic carbocycles. The van der Waals surface area contributed by atoms with E-state index in [1.807, 2.05) is 11.8 Å². The maximum absolute atomic E-state index is 14.6. The van der Waals surface area contributed by atoms with Crippen molar-refractivity contribution in [2.24, 2.45) is 5.41 Å². The molecule has 2 bridgehead atoms. The Kier molecular flexibility index (Phi) is 3.55. The molecule has 0 spiro atoms. The lowest BCUT2D eigenvalue weighted by Crippen LogP contribution is -2.44. The van der Waals surface area contributed by atoms with Crippen LogP contribution in [0.1, 0.15) is 62.9 Å². The SMILES string of the molecule is CC[C@H]1c2cnc(C)nc2OCCN1C(=O)C12CCC(F)(CC1)C2. The number of alkyl halides is 1. The average Bonchev–Trinajstić information content (AvgIpc) is 3.02. The van der Waals surface area contributed by atoms with Gasteiger partial charge in [-0.2, -0.15) is 4.98 Å². The first-order chi connectivity index (χ1) is 11.5. The van der Waals surface area contributed by atoms with Gasteiger partial charge in [-0.3, -0.25) is 4.79 Å². The molecule has 24 heavy (non-hydrogen) atoms. The number of amides is 1. The predicted molar refractivity (Wildman–Crippen MR) is 86.4 cm³/mol. The highest BCUT2D eigenvalue weighted by Crippen LogP contribution is 2.59. The first-order valence-electron chi connectivity index (χ1n) is 8.93. The van der Waals surface area contributed by atoms with Crippen molar-refractivity contribution >= 4 is 5.91 Å². The molecule has 3 aliphatic rings. The van der Waals surface area contributed by atoms with Gasteiger partial charge < -0.3 is 9.64 Å². The van der Waals surface area contributed by atoms with Crippen LogP contribution in [0.15, 0.2) is 6.20 Å². The zero-order valence-corrected chi connectivity index (χ0v) is 14.3. The minimum atomic E-state index is -1.11. The van der Waals surface area contributed by atoms with Gasteiger partial charge in [-0.1, -0.05) is 6.92 Å². The third kappa shape index (κ3) is 2.30. The smallest absolute Gasteiger partial charge is 0.229 e. The number of hydrogen-bond donors (Lipinski definition) is 0. The van der Waals surface area contributed by atoms with Crippen LogP contribution in [0.25, 0.3) is 0 Å². The first kappa shape index (κ1) is 15.8. The van der Waals surface area contributed by atoms with Gasteiger partial charge >= 0.3 is 0 Å². The summed E-state index contributed by atoms with van der Waals surface area (Å²) in [5.41, 5.74) is -0.747. The van der Waals surface area contributed by atoms with Crippen LogP contribution in [-0.4, -0.2) is 39.6 Å². The molecule has 130 valence electrons. The molecule has 1 aliphatic heterocycles. The summed E-state index contributed by atoms with van der Waals surface area (Å²) in [6, 6.07) is -0.0970. The van der Waals surface area contributed by atoms with Gasteiger partial charge in [-0.15, -0.1) is 0 Å². The van der Waals surface area contributed by atoms with Crippen molar-refractivity contribution in [1.29, 1.82) is 0 Å². The van der Waals surface area contributed by atoms with Crippen molar-refractivity contribution in [2.45, 2.75) is 64.1 Å². The summed E-state index contributed by atoms with van der Waals surface area (Å²) in [7, 11) is 0. The molecule has 1 amide bonds. The Labute approximate surface area is 141 Å². The Balaban J connectivity index is 1.67. The fourth-order valence-electron chi connectivity index (χ4n) is 4.78. The number of halogens is 1. The fraction of sp³-hybridized carbons (Fsp3) is 0.722. The average molecular weight is 333 g/mol. The van der Waals surface area contributed by atoms with Gasteiger partial charge in [0, 0.05) is 6.20 Å². The summed E-state index contributed by atoms with van der Waals surface area (Å²) in [5.74, 6) is 1.35. The molecule has 0 aromatic carbocycles. The summed E-state index contributed by atoms with van der Waals surface area (Å²) in [5, 5.41) is 0. The van der Waals surface area contributed by atoms with Gasteiger partial charge in [0.05, 0.1) is 23.6 Å². The summed E-state index contributed by atoms with van der Waals surface area (Å²) < 4.78 is 20.4. The Bertz CT molecular complexity index is 670. The van der Waals surface area contributed by atoms with Gasteiger partial charge in [-0.25, -0.2) is 9.37 Å². The van der Waals surface area contributed by atoms with Crippen molar-refractivity contribution in [3.63, 3.8) is 0 Å². The summed E-state index contributed by atoms with van der Waals surface area (Å²) in [6.45, 7) is 4.83. The molecule has 2 saturated carbocycles. The van der Waals surface area contributed by atoms with Crippen LogP contribution in [0.2, 0.25) is 0 Å². The van der Waals surface area contributed by atoms with Gasteiger partial charge in [0.2, 0.25) is 11.8 Å². The second-order valence-electron chi connectivity index (χ2n) is 7.56. The molecule has 5 nitrogen and oxygen atoms in total. The largest absolute Gasteiger partial charge is 0.475 e. The molecule has 6 heteroatoms.